The molecule has 4 heteroatoms. The van der Waals surface area contributed by atoms with E-state index < -0.39 is 6.04 Å². The lowest BCUT2D eigenvalue weighted by Crippen LogP contribution is -2.44. The van der Waals surface area contributed by atoms with E-state index in [0.29, 0.717) is 18.5 Å². The zero-order valence-electron chi connectivity index (χ0n) is 12.5. The number of carbonyl (C=O) groups excluding carboxylic acids is 2. The second kappa shape index (κ2) is 6.02. The Morgan fingerprint density at radius 1 is 1.09 bits per heavy atom. The summed E-state index contributed by atoms with van der Waals surface area (Å²) in [6.45, 7) is 2.60. The van der Waals surface area contributed by atoms with Crippen LogP contribution in [0.5, 0.6) is 0 Å². The Balaban J connectivity index is 2.01. The van der Waals surface area contributed by atoms with Crippen LogP contribution in [-0.2, 0) is 4.79 Å². The SMILES string of the molecule is Cc1ccc(N(C(=O)c2ccccc2)C2CCNC2=O)cc1. The van der Waals surface area contributed by atoms with E-state index in [1.54, 1.807) is 17.0 Å². The van der Waals surface area contributed by atoms with Gasteiger partial charge in [-0.05, 0) is 37.6 Å². The molecule has 0 bridgehead atoms. The van der Waals surface area contributed by atoms with Gasteiger partial charge in [0.1, 0.15) is 6.04 Å². The summed E-state index contributed by atoms with van der Waals surface area (Å²) in [4.78, 5) is 26.6. The summed E-state index contributed by atoms with van der Waals surface area (Å²) in [5.74, 6) is -0.239. The number of amides is 2. The second-order valence-corrected chi connectivity index (χ2v) is 5.47. The Morgan fingerprint density at radius 2 is 1.77 bits per heavy atom. The van der Waals surface area contributed by atoms with Crippen molar-refractivity contribution in [2.24, 2.45) is 0 Å². The quantitative estimate of drug-likeness (QED) is 0.945. The molecule has 2 aromatic rings. The normalized spacial score (nSPS) is 17.1. The molecular formula is C18H18N2O2. The van der Waals surface area contributed by atoms with Crippen LogP contribution in [0.2, 0.25) is 0 Å². The van der Waals surface area contributed by atoms with Gasteiger partial charge in [0.05, 0.1) is 0 Å². The van der Waals surface area contributed by atoms with Crippen molar-refractivity contribution in [3.8, 4) is 0 Å². The van der Waals surface area contributed by atoms with E-state index in [2.05, 4.69) is 5.32 Å². The zero-order chi connectivity index (χ0) is 15.5. The summed E-state index contributed by atoms with van der Waals surface area (Å²) >= 11 is 0. The van der Waals surface area contributed by atoms with Gasteiger partial charge >= 0.3 is 0 Å². The summed E-state index contributed by atoms with van der Waals surface area (Å²) in [6, 6.07) is 16.3. The lowest BCUT2D eigenvalue weighted by molar-refractivity contribution is -0.120. The van der Waals surface area contributed by atoms with Gasteiger partial charge in [0, 0.05) is 17.8 Å². The molecule has 2 aromatic carbocycles. The lowest BCUT2D eigenvalue weighted by Gasteiger charge is -2.27. The number of rotatable bonds is 3. The largest absolute Gasteiger partial charge is 0.354 e. The van der Waals surface area contributed by atoms with Crippen molar-refractivity contribution in [1.29, 1.82) is 0 Å². The predicted octanol–water partition coefficient (Wildman–Crippen LogP) is 2.53. The Bertz CT molecular complexity index is 680. The van der Waals surface area contributed by atoms with Gasteiger partial charge in [-0.1, -0.05) is 35.9 Å². The van der Waals surface area contributed by atoms with Crippen molar-refractivity contribution in [3.63, 3.8) is 0 Å². The average molecular weight is 294 g/mol. The minimum atomic E-state index is -0.449. The van der Waals surface area contributed by atoms with Crippen LogP contribution in [0, 0.1) is 6.92 Å². The van der Waals surface area contributed by atoms with Gasteiger partial charge in [0.2, 0.25) is 5.91 Å². The van der Waals surface area contributed by atoms with Crippen molar-refractivity contribution in [2.75, 3.05) is 11.4 Å². The van der Waals surface area contributed by atoms with E-state index in [0.717, 1.165) is 11.3 Å². The number of anilines is 1. The minimum Gasteiger partial charge on any atom is -0.354 e. The third kappa shape index (κ3) is 2.72. The summed E-state index contributed by atoms with van der Waals surface area (Å²) in [7, 11) is 0. The molecule has 1 saturated heterocycles. The molecule has 1 aliphatic heterocycles. The Labute approximate surface area is 129 Å². The molecule has 3 rings (SSSR count). The van der Waals surface area contributed by atoms with Gasteiger partial charge in [-0.3, -0.25) is 14.5 Å². The van der Waals surface area contributed by atoms with Gasteiger partial charge in [-0.15, -0.1) is 0 Å². The smallest absolute Gasteiger partial charge is 0.259 e. The lowest BCUT2D eigenvalue weighted by atomic mass is 10.1. The molecule has 1 N–H and O–H groups in total. The summed E-state index contributed by atoms with van der Waals surface area (Å²) < 4.78 is 0. The first kappa shape index (κ1) is 14.3. The fourth-order valence-electron chi connectivity index (χ4n) is 2.69. The van der Waals surface area contributed by atoms with E-state index in [1.807, 2.05) is 49.4 Å². The maximum atomic E-state index is 12.9. The maximum Gasteiger partial charge on any atom is 0.259 e. The fraction of sp³-hybridized carbons (Fsp3) is 0.222. The Kier molecular flexibility index (Phi) is 3.92. The molecule has 1 aliphatic rings. The van der Waals surface area contributed by atoms with Crippen LogP contribution in [-0.4, -0.2) is 24.4 Å². The average Bonchev–Trinajstić information content (AvgIpc) is 2.96. The third-order valence-electron chi connectivity index (χ3n) is 3.88. The van der Waals surface area contributed by atoms with Crippen LogP contribution in [0.3, 0.4) is 0 Å². The molecule has 112 valence electrons. The molecule has 0 saturated carbocycles. The first-order valence-corrected chi connectivity index (χ1v) is 7.40. The monoisotopic (exact) mass is 294 g/mol. The molecule has 1 fully saturated rings. The van der Waals surface area contributed by atoms with Crippen molar-refractivity contribution >= 4 is 17.5 Å². The highest BCUT2D eigenvalue weighted by molar-refractivity contribution is 6.10. The molecule has 0 aromatic heterocycles. The Morgan fingerprint density at radius 3 is 2.36 bits per heavy atom. The van der Waals surface area contributed by atoms with Gasteiger partial charge in [-0.25, -0.2) is 0 Å². The molecule has 1 unspecified atom stereocenters. The minimum absolute atomic E-state index is 0.0927. The highest BCUT2D eigenvalue weighted by Crippen LogP contribution is 2.24. The summed E-state index contributed by atoms with van der Waals surface area (Å²) in [5.41, 5.74) is 2.45. The number of hydrogen-bond acceptors (Lipinski definition) is 2. The topological polar surface area (TPSA) is 49.4 Å². The van der Waals surface area contributed by atoms with Gasteiger partial charge < -0.3 is 5.32 Å². The molecule has 1 atom stereocenters. The molecule has 1 heterocycles. The fourth-order valence-corrected chi connectivity index (χ4v) is 2.69. The third-order valence-corrected chi connectivity index (χ3v) is 3.88. The standard InChI is InChI=1S/C18H18N2O2/c1-13-7-9-15(10-8-13)20(16-11-12-19-17(16)21)18(22)14-5-3-2-4-6-14/h2-10,16H,11-12H2,1H3,(H,19,21). The number of benzene rings is 2. The highest BCUT2D eigenvalue weighted by Gasteiger charge is 2.34. The molecule has 4 nitrogen and oxygen atoms in total. The first-order valence-electron chi connectivity index (χ1n) is 7.40. The van der Waals surface area contributed by atoms with Crippen LogP contribution in [0.25, 0.3) is 0 Å². The number of nitrogens with zero attached hydrogens (tertiary/aromatic N) is 1. The van der Waals surface area contributed by atoms with Crippen molar-refractivity contribution in [2.45, 2.75) is 19.4 Å². The van der Waals surface area contributed by atoms with Crippen LogP contribution < -0.4 is 10.2 Å². The molecule has 0 spiro atoms. The van der Waals surface area contributed by atoms with E-state index in [9.17, 15) is 9.59 Å². The van der Waals surface area contributed by atoms with Gasteiger partial charge in [0.25, 0.3) is 5.91 Å². The predicted molar refractivity (Wildman–Crippen MR) is 85.8 cm³/mol. The van der Waals surface area contributed by atoms with E-state index in [4.69, 9.17) is 0 Å². The number of nitrogens with one attached hydrogen (secondary N) is 1. The van der Waals surface area contributed by atoms with Crippen molar-refractivity contribution < 1.29 is 9.59 Å². The van der Waals surface area contributed by atoms with Crippen LogP contribution in [0.1, 0.15) is 22.3 Å². The first-order chi connectivity index (χ1) is 10.7. The van der Waals surface area contributed by atoms with Gasteiger partial charge in [0.15, 0.2) is 0 Å². The van der Waals surface area contributed by atoms with Crippen LogP contribution >= 0.6 is 0 Å². The molecule has 0 aliphatic carbocycles. The number of aryl methyl sites for hydroxylation is 1. The maximum absolute atomic E-state index is 12.9. The van der Waals surface area contributed by atoms with Crippen molar-refractivity contribution in [1.82, 2.24) is 5.32 Å². The van der Waals surface area contributed by atoms with Crippen molar-refractivity contribution in [3.05, 3.63) is 65.7 Å². The zero-order valence-corrected chi connectivity index (χ0v) is 12.5. The molecular weight excluding hydrogens is 276 g/mol. The Hall–Kier alpha value is -2.62. The summed E-state index contributed by atoms with van der Waals surface area (Å²) in [6.07, 6.45) is 0.630. The molecule has 2 amide bonds. The van der Waals surface area contributed by atoms with Crippen LogP contribution in [0.4, 0.5) is 5.69 Å². The summed E-state index contributed by atoms with van der Waals surface area (Å²) in [5, 5.41) is 2.80. The second-order valence-electron chi connectivity index (χ2n) is 5.47. The number of carbonyl (C=O) groups is 2. The van der Waals surface area contributed by atoms with E-state index in [-0.39, 0.29) is 11.8 Å². The van der Waals surface area contributed by atoms with E-state index in [1.165, 1.54) is 0 Å². The van der Waals surface area contributed by atoms with Crippen LogP contribution in [0.15, 0.2) is 54.6 Å². The van der Waals surface area contributed by atoms with E-state index >= 15 is 0 Å². The molecule has 22 heavy (non-hydrogen) atoms. The molecule has 0 radical (unpaired) electrons. The van der Waals surface area contributed by atoms with Gasteiger partial charge in [-0.2, -0.15) is 0 Å². The number of hydrogen-bond donors (Lipinski definition) is 1. The highest BCUT2D eigenvalue weighted by atomic mass is 16.2.